The summed E-state index contributed by atoms with van der Waals surface area (Å²) in [5.41, 5.74) is 0.347. The van der Waals surface area contributed by atoms with Gasteiger partial charge in [-0.2, -0.15) is 0 Å². The normalized spacial score (nSPS) is 10.5. The van der Waals surface area contributed by atoms with Gasteiger partial charge in [0.05, 0.1) is 12.4 Å². The molecule has 0 spiro atoms. The first kappa shape index (κ1) is 15.4. The predicted octanol–water partition coefficient (Wildman–Crippen LogP) is 0.980. The van der Waals surface area contributed by atoms with E-state index in [1.807, 2.05) is 19.0 Å². The van der Waals surface area contributed by atoms with E-state index in [0.29, 0.717) is 18.1 Å². The van der Waals surface area contributed by atoms with Gasteiger partial charge in [0.15, 0.2) is 0 Å². The molecule has 6 nitrogen and oxygen atoms in total. The van der Waals surface area contributed by atoms with E-state index in [4.69, 9.17) is 0 Å². The molecule has 0 aliphatic carbocycles. The summed E-state index contributed by atoms with van der Waals surface area (Å²) in [5, 5.41) is 5.96. The van der Waals surface area contributed by atoms with Crippen molar-refractivity contribution in [3.8, 4) is 0 Å². The lowest BCUT2D eigenvalue weighted by Gasteiger charge is -2.10. The smallest absolute Gasteiger partial charge is 0.271 e. The Morgan fingerprint density at radius 1 is 1.26 bits per heavy atom. The summed E-state index contributed by atoms with van der Waals surface area (Å²) in [6.07, 6.45) is 5.32. The fourth-order valence-electron chi connectivity index (χ4n) is 1.41. The van der Waals surface area contributed by atoms with Gasteiger partial charge < -0.3 is 15.5 Å². The molecule has 106 valence electrons. The van der Waals surface area contributed by atoms with Crippen LogP contribution in [-0.2, 0) is 0 Å². The van der Waals surface area contributed by atoms with E-state index < -0.39 is 0 Å². The molecule has 1 rings (SSSR count). The lowest BCUT2D eigenvalue weighted by Crippen LogP contribution is -2.31. The summed E-state index contributed by atoms with van der Waals surface area (Å²) in [4.78, 5) is 22.0. The maximum Gasteiger partial charge on any atom is 0.271 e. The Bertz CT molecular complexity index is 377. The molecule has 1 amide bonds. The van der Waals surface area contributed by atoms with E-state index in [-0.39, 0.29) is 5.91 Å². The molecule has 6 heteroatoms. The molecule has 19 heavy (non-hydrogen) atoms. The zero-order valence-corrected chi connectivity index (χ0v) is 11.9. The SMILES string of the molecule is CCCCNc1cnc(C(=O)NCCN(C)C)cn1. The Kier molecular flexibility index (Phi) is 6.81. The minimum Gasteiger partial charge on any atom is -0.369 e. The quantitative estimate of drug-likeness (QED) is 0.686. The molecule has 1 aromatic rings. The second kappa shape index (κ2) is 8.42. The van der Waals surface area contributed by atoms with Gasteiger partial charge in [-0.15, -0.1) is 0 Å². The minimum atomic E-state index is -0.186. The summed E-state index contributed by atoms with van der Waals surface area (Å²) < 4.78 is 0. The molecule has 0 bridgehead atoms. The van der Waals surface area contributed by atoms with Crippen LogP contribution in [0.15, 0.2) is 12.4 Å². The van der Waals surface area contributed by atoms with Crippen LogP contribution in [0.3, 0.4) is 0 Å². The molecular weight excluding hydrogens is 242 g/mol. The van der Waals surface area contributed by atoms with Crippen molar-refractivity contribution in [2.24, 2.45) is 0 Å². The van der Waals surface area contributed by atoms with Gasteiger partial charge in [0.25, 0.3) is 5.91 Å². The van der Waals surface area contributed by atoms with Crippen molar-refractivity contribution < 1.29 is 4.79 Å². The molecule has 0 saturated carbocycles. The van der Waals surface area contributed by atoms with E-state index in [9.17, 15) is 4.79 Å². The lowest BCUT2D eigenvalue weighted by atomic mass is 10.3. The monoisotopic (exact) mass is 265 g/mol. The van der Waals surface area contributed by atoms with Crippen LogP contribution < -0.4 is 10.6 Å². The molecule has 0 fully saturated rings. The molecule has 0 aromatic carbocycles. The molecule has 2 N–H and O–H groups in total. The lowest BCUT2D eigenvalue weighted by molar-refractivity contribution is 0.0945. The highest BCUT2D eigenvalue weighted by atomic mass is 16.1. The van der Waals surface area contributed by atoms with Crippen molar-refractivity contribution in [2.45, 2.75) is 19.8 Å². The van der Waals surface area contributed by atoms with Crippen molar-refractivity contribution >= 4 is 11.7 Å². The molecular formula is C13H23N5O. The minimum absolute atomic E-state index is 0.186. The van der Waals surface area contributed by atoms with Crippen LogP contribution in [0, 0.1) is 0 Å². The number of rotatable bonds is 8. The third kappa shape index (κ3) is 6.15. The maximum atomic E-state index is 11.7. The fourth-order valence-corrected chi connectivity index (χ4v) is 1.41. The van der Waals surface area contributed by atoms with Gasteiger partial charge in [0, 0.05) is 19.6 Å². The molecule has 0 unspecified atom stereocenters. The van der Waals surface area contributed by atoms with E-state index in [0.717, 1.165) is 25.9 Å². The summed E-state index contributed by atoms with van der Waals surface area (Å²) in [6, 6.07) is 0. The zero-order valence-electron chi connectivity index (χ0n) is 11.9. The summed E-state index contributed by atoms with van der Waals surface area (Å²) in [6.45, 7) is 4.41. The van der Waals surface area contributed by atoms with Crippen LogP contribution in [-0.4, -0.2) is 54.5 Å². The number of likely N-dealkylation sites (N-methyl/N-ethyl adjacent to an activating group) is 1. The Labute approximate surface area is 114 Å². The van der Waals surface area contributed by atoms with Crippen molar-refractivity contribution in [3.05, 3.63) is 18.1 Å². The van der Waals surface area contributed by atoms with Crippen molar-refractivity contribution in [1.82, 2.24) is 20.2 Å². The van der Waals surface area contributed by atoms with Crippen molar-refractivity contribution in [2.75, 3.05) is 39.0 Å². The first-order valence-corrected chi connectivity index (χ1v) is 6.62. The molecule has 0 radical (unpaired) electrons. The van der Waals surface area contributed by atoms with Crippen LogP contribution in [0.1, 0.15) is 30.3 Å². The number of hydrogen-bond acceptors (Lipinski definition) is 5. The molecule has 1 aromatic heterocycles. The first-order chi connectivity index (χ1) is 9.13. The summed E-state index contributed by atoms with van der Waals surface area (Å²) in [5.74, 6) is 0.521. The van der Waals surface area contributed by atoms with E-state index in [1.165, 1.54) is 6.20 Å². The largest absolute Gasteiger partial charge is 0.369 e. The number of hydrogen-bond donors (Lipinski definition) is 2. The highest BCUT2D eigenvalue weighted by Crippen LogP contribution is 2.01. The van der Waals surface area contributed by atoms with Crippen LogP contribution in [0.2, 0.25) is 0 Å². The average molecular weight is 265 g/mol. The standard InChI is InChI=1S/C13H23N5O/c1-4-5-6-14-12-10-16-11(9-17-12)13(19)15-7-8-18(2)3/h9-10H,4-8H2,1-3H3,(H,14,17)(H,15,19). The van der Waals surface area contributed by atoms with Gasteiger partial charge in [0.1, 0.15) is 11.5 Å². The zero-order chi connectivity index (χ0) is 14.1. The Balaban J connectivity index is 2.39. The van der Waals surface area contributed by atoms with E-state index >= 15 is 0 Å². The summed E-state index contributed by atoms with van der Waals surface area (Å²) in [7, 11) is 3.92. The number of nitrogens with zero attached hydrogens (tertiary/aromatic N) is 3. The Morgan fingerprint density at radius 2 is 2.05 bits per heavy atom. The van der Waals surface area contributed by atoms with E-state index in [2.05, 4.69) is 27.5 Å². The number of nitrogens with one attached hydrogen (secondary N) is 2. The molecule has 0 saturated heterocycles. The second-order valence-corrected chi connectivity index (χ2v) is 4.63. The fraction of sp³-hybridized carbons (Fsp3) is 0.615. The van der Waals surface area contributed by atoms with Crippen LogP contribution >= 0.6 is 0 Å². The van der Waals surface area contributed by atoms with Crippen molar-refractivity contribution in [3.63, 3.8) is 0 Å². The number of amides is 1. The topological polar surface area (TPSA) is 70.2 Å². The maximum absolute atomic E-state index is 11.7. The Hall–Kier alpha value is -1.69. The molecule has 1 heterocycles. The molecule has 0 atom stereocenters. The Morgan fingerprint density at radius 3 is 2.63 bits per heavy atom. The molecule has 0 aliphatic heterocycles. The van der Waals surface area contributed by atoms with Gasteiger partial charge in [-0.05, 0) is 20.5 Å². The molecule has 0 aliphatic rings. The third-order valence-corrected chi connectivity index (χ3v) is 2.57. The third-order valence-electron chi connectivity index (χ3n) is 2.57. The number of carbonyl (C=O) groups is 1. The number of carbonyl (C=O) groups excluding carboxylic acids is 1. The first-order valence-electron chi connectivity index (χ1n) is 6.62. The van der Waals surface area contributed by atoms with Crippen LogP contribution in [0.5, 0.6) is 0 Å². The average Bonchev–Trinajstić information content (AvgIpc) is 2.39. The van der Waals surface area contributed by atoms with Crippen molar-refractivity contribution in [1.29, 1.82) is 0 Å². The number of aromatic nitrogens is 2. The highest BCUT2D eigenvalue weighted by Gasteiger charge is 2.07. The van der Waals surface area contributed by atoms with Crippen LogP contribution in [0.4, 0.5) is 5.82 Å². The number of anilines is 1. The van der Waals surface area contributed by atoms with Gasteiger partial charge >= 0.3 is 0 Å². The predicted molar refractivity (Wildman–Crippen MR) is 76.3 cm³/mol. The van der Waals surface area contributed by atoms with E-state index in [1.54, 1.807) is 6.20 Å². The van der Waals surface area contributed by atoms with Crippen LogP contribution in [0.25, 0.3) is 0 Å². The number of unbranched alkanes of at least 4 members (excludes halogenated alkanes) is 1. The highest BCUT2D eigenvalue weighted by molar-refractivity contribution is 5.91. The summed E-state index contributed by atoms with van der Waals surface area (Å²) >= 11 is 0. The van der Waals surface area contributed by atoms with Gasteiger partial charge in [-0.25, -0.2) is 9.97 Å². The second-order valence-electron chi connectivity index (χ2n) is 4.63. The van der Waals surface area contributed by atoms with Gasteiger partial charge in [0.2, 0.25) is 0 Å². The van der Waals surface area contributed by atoms with Gasteiger partial charge in [-0.3, -0.25) is 4.79 Å². The van der Waals surface area contributed by atoms with Gasteiger partial charge in [-0.1, -0.05) is 13.3 Å².